The molecule has 0 radical (unpaired) electrons. The Labute approximate surface area is 142 Å². The van der Waals surface area contributed by atoms with Crippen LogP contribution in [0.5, 0.6) is 5.88 Å². The van der Waals surface area contributed by atoms with E-state index in [4.69, 9.17) is 4.74 Å². The van der Waals surface area contributed by atoms with E-state index in [9.17, 15) is 13.2 Å². The molecule has 0 amide bonds. The Morgan fingerprint density at radius 1 is 1.32 bits per heavy atom. The summed E-state index contributed by atoms with van der Waals surface area (Å²) in [6.07, 6.45) is 0.655. The molecule has 0 saturated carbocycles. The summed E-state index contributed by atoms with van der Waals surface area (Å²) in [6, 6.07) is 4.53. The van der Waals surface area contributed by atoms with Crippen molar-refractivity contribution in [2.75, 3.05) is 13.7 Å². The molecule has 2 heterocycles. The summed E-state index contributed by atoms with van der Waals surface area (Å²) in [5, 5.41) is 2.48. The maximum atomic E-state index is 13.3. The van der Waals surface area contributed by atoms with Gasteiger partial charge in [0, 0.05) is 24.2 Å². The van der Waals surface area contributed by atoms with Crippen molar-refractivity contribution in [3.8, 4) is 17.1 Å². The highest BCUT2D eigenvalue weighted by molar-refractivity contribution is 5.63. The molecule has 5 nitrogen and oxygen atoms in total. The number of fused-ring (bicyclic) bond motifs is 1. The number of methoxy groups -OCH3 is 1. The second-order valence-electron chi connectivity index (χ2n) is 5.45. The van der Waals surface area contributed by atoms with Crippen molar-refractivity contribution in [3.63, 3.8) is 0 Å². The molecule has 1 N–H and O–H groups in total. The first-order chi connectivity index (χ1) is 11.9. The minimum absolute atomic E-state index is 0.137. The molecule has 132 valence electrons. The van der Waals surface area contributed by atoms with Crippen molar-refractivity contribution in [2.24, 2.45) is 0 Å². The average molecular weight is 350 g/mol. The van der Waals surface area contributed by atoms with Gasteiger partial charge in [0.2, 0.25) is 0 Å². The predicted molar refractivity (Wildman–Crippen MR) is 87.4 cm³/mol. The molecule has 1 unspecified atom stereocenters. The molecule has 0 bridgehead atoms. The van der Waals surface area contributed by atoms with Gasteiger partial charge >= 0.3 is 6.18 Å². The van der Waals surface area contributed by atoms with Gasteiger partial charge in [-0.05, 0) is 18.2 Å². The van der Waals surface area contributed by atoms with Crippen molar-refractivity contribution >= 4 is 5.65 Å². The molecule has 3 rings (SSSR count). The van der Waals surface area contributed by atoms with Gasteiger partial charge in [0.15, 0.2) is 5.65 Å². The monoisotopic (exact) mass is 350 g/mol. The van der Waals surface area contributed by atoms with Gasteiger partial charge < -0.3 is 14.5 Å². The molecule has 8 heteroatoms. The standard InChI is InChI=1S/C17H17F3N4O/c1-3-21-14(17(18,19)20)12-6-4-5-11(9-12)13-10-24-8-7-22-15(24)16(23-13)25-2/h4-10,14,21H,3H2,1-2H3. The summed E-state index contributed by atoms with van der Waals surface area (Å²) in [7, 11) is 1.47. The molecular formula is C17H17F3N4O. The van der Waals surface area contributed by atoms with Crippen molar-refractivity contribution < 1.29 is 17.9 Å². The number of imidazole rings is 1. The number of aromatic nitrogens is 3. The topological polar surface area (TPSA) is 51.5 Å². The Morgan fingerprint density at radius 3 is 2.80 bits per heavy atom. The normalized spacial score (nSPS) is 13.2. The lowest BCUT2D eigenvalue weighted by Crippen LogP contribution is -2.34. The fourth-order valence-electron chi connectivity index (χ4n) is 2.68. The van der Waals surface area contributed by atoms with Crippen molar-refractivity contribution in [1.82, 2.24) is 19.7 Å². The van der Waals surface area contributed by atoms with Gasteiger partial charge in [-0.3, -0.25) is 0 Å². The first-order valence-electron chi connectivity index (χ1n) is 7.72. The fourth-order valence-corrected chi connectivity index (χ4v) is 2.68. The van der Waals surface area contributed by atoms with Gasteiger partial charge in [0.25, 0.3) is 5.88 Å². The summed E-state index contributed by atoms with van der Waals surface area (Å²) in [5.41, 5.74) is 1.75. The summed E-state index contributed by atoms with van der Waals surface area (Å²) in [5.74, 6) is 0.312. The maximum absolute atomic E-state index is 13.3. The zero-order valence-electron chi connectivity index (χ0n) is 13.7. The third-order valence-electron chi connectivity index (χ3n) is 3.79. The van der Waals surface area contributed by atoms with Crippen LogP contribution in [-0.4, -0.2) is 34.2 Å². The largest absolute Gasteiger partial charge is 0.478 e. The Kier molecular flexibility index (Phi) is 4.63. The Bertz CT molecular complexity index is 876. The van der Waals surface area contributed by atoms with Gasteiger partial charge in [0.1, 0.15) is 6.04 Å². The number of rotatable bonds is 5. The predicted octanol–water partition coefficient (Wildman–Crippen LogP) is 3.62. The highest BCUT2D eigenvalue weighted by atomic mass is 19.4. The number of nitrogens with zero attached hydrogens (tertiary/aromatic N) is 3. The van der Waals surface area contributed by atoms with Crippen LogP contribution in [0.1, 0.15) is 18.5 Å². The lowest BCUT2D eigenvalue weighted by atomic mass is 10.0. The second kappa shape index (κ2) is 6.72. The van der Waals surface area contributed by atoms with E-state index in [0.29, 0.717) is 22.8 Å². The Morgan fingerprint density at radius 2 is 2.12 bits per heavy atom. The lowest BCUT2D eigenvalue weighted by molar-refractivity contribution is -0.157. The third-order valence-corrected chi connectivity index (χ3v) is 3.79. The van der Waals surface area contributed by atoms with E-state index < -0.39 is 12.2 Å². The number of hydrogen-bond acceptors (Lipinski definition) is 4. The smallest absolute Gasteiger partial charge is 0.407 e. The molecule has 0 aliphatic rings. The van der Waals surface area contributed by atoms with Crippen LogP contribution in [0.2, 0.25) is 0 Å². The van der Waals surface area contributed by atoms with Crippen LogP contribution in [0.25, 0.3) is 16.9 Å². The zero-order chi connectivity index (χ0) is 18.0. The molecule has 2 aromatic heterocycles. The molecular weight excluding hydrogens is 333 g/mol. The van der Waals surface area contributed by atoms with Gasteiger partial charge in [-0.2, -0.15) is 13.2 Å². The first-order valence-corrected chi connectivity index (χ1v) is 7.72. The van der Waals surface area contributed by atoms with Gasteiger partial charge in [-0.1, -0.05) is 25.1 Å². The Hall–Kier alpha value is -2.61. The second-order valence-corrected chi connectivity index (χ2v) is 5.45. The first kappa shape index (κ1) is 17.2. The molecule has 1 aromatic carbocycles. The number of alkyl halides is 3. The zero-order valence-corrected chi connectivity index (χ0v) is 13.7. The van der Waals surface area contributed by atoms with E-state index in [2.05, 4.69) is 15.3 Å². The van der Waals surface area contributed by atoms with E-state index >= 15 is 0 Å². The van der Waals surface area contributed by atoms with E-state index in [-0.39, 0.29) is 12.1 Å². The molecule has 0 fully saturated rings. The van der Waals surface area contributed by atoms with E-state index in [0.717, 1.165) is 0 Å². The fraction of sp³-hybridized carbons (Fsp3) is 0.294. The summed E-state index contributed by atoms with van der Waals surface area (Å²) in [4.78, 5) is 8.51. The molecule has 1 atom stereocenters. The summed E-state index contributed by atoms with van der Waals surface area (Å²) in [6.45, 7) is 1.85. The van der Waals surface area contributed by atoms with Gasteiger partial charge in [0.05, 0.1) is 12.8 Å². The number of hydrogen-bond donors (Lipinski definition) is 1. The highest BCUT2D eigenvalue weighted by Gasteiger charge is 2.40. The SMILES string of the molecule is CCNC(c1cccc(-c2cn3ccnc3c(OC)n2)c1)C(F)(F)F. The van der Waals surface area contributed by atoms with Crippen molar-refractivity contribution in [3.05, 3.63) is 48.4 Å². The van der Waals surface area contributed by atoms with Gasteiger partial charge in [-0.15, -0.1) is 0 Å². The van der Waals surface area contributed by atoms with Crippen molar-refractivity contribution in [2.45, 2.75) is 19.1 Å². The number of halogens is 3. The van der Waals surface area contributed by atoms with Crippen LogP contribution in [0, 0.1) is 0 Å². The highest BCUT2D eigenvalue weighted by Crippen LogP contribution is 2.34. The molecule has 3 aromatic rings. The molecule has 0 aliphatic carbocycles. The third kappa shape index (κ3) is 3.43. The van der Waals surface area contributed by atoms with E-state index in [1.807, 2.05) is 0 Å². The number of ether oxygens (including phenoxy) is 1. The van der Waals surface area contributed by atoms with Crippen LogP contribution >= 0.6 is 0 Å². The van der Waals surface area contributed by atoms with E-state index in [1.165, 1.54) is 19.2 Å². The van der Waals surface area contributed by atoms with E-state index in [1.54, 1.807) is 42.0 Å². The molecule has 0 aliphatic heterocycles. The van der Waals surface area contributed by atoms with Crippen LogP contribution in [0.15, 0.2) is 42.9 Å². The molecule has 0 saturated heterocycles. The quantitative estimate of drug-likeness (QED) is 0.764. The lowest BCUT2D eigenvalue weighted by Gasteiger charge is -2.22. The van der Waals surface area contributed by atoms with Crippen LogP contribution < -0.4 is 10.1 Å². The summed E-state index contributed by atoms with van der Waals surface area (Å²) >= 11 is 0. The minimum Gasteiger partial charge on any atom is -0.478 e. The number of nitrogens with one attached hydrogen (secondary N) is 1. The minimum atomic E-state index is -4.38. The average Bonchev–Trinajstić information content (AvgIpc) is 3.06. The summed E-state index contributed by atoms with van der Waals surface area (Å²) < 4.78 is 46.9. The van der Waals surface area contributed by atoms with Crippen molar-refractivity contribution in [1.29, 1.82) is 0 Å². The van der Waals surface area contributed by atoms with Crippen LogP contribution in [-0.2, 0) is 0 Å². The maximum Gasteiger partial charge on any atom is 0.407 e. The molecule has 0 spiro atoms. The van der Waals surface area contributed by atoms with Crippen LogP contribution in [0.4, 0.5) is 13.2 Å². The van der Waals surface area contributed by atoms with Gasteiger partial charge in [-0.25, -0.2) is 9.97 Å². The Balaban J connectivity index is 2.07. The molecule has 25 heavy (non-hydrogen) atoms. The number of benzene rings is 1. The van der Waals surface area contributed by atoms with Crippen LogP contribution in [0.3, 0.4) is 0 Å².